The van der Waals surface area contributed by atoms with Crippen molar-refractivity contribution in [1.82, 2.24) is 4.98 Å². The number of pyridine rings is 1. The quantitative estimate of drug-likeness (QED) is 0.616. The minimum atomic E-state index is -3.63. The average Bonchev–Trinajstić information content (AvgIpc) is 2.67. The van der Waals surface area contributed by atoms with Crippen molar-refractivity contribution in [3.8, 4) is 5.88 Å². The van der Waals surface area contributed by atoms with Crippen LogP contribution in [0.15, 0.2) is 12.1 Å². The minimum absolute atomic E-state index is 0.119. The number of methoxy groups -OCH3 is 1. The number of aromatic nitrogens is 1. The Morgan fingerprint density at radius 3 is 2.75 bits per heavy atom. The predicted molar refractivity (Wildman–Crippen MR) is 75.9 cm³/mol. The highest BCUT2D eigenvalue weighted by Gasteiger charge is 2.34. The van der Waals surface area contributed by atoms with Crippen molar-refractivity contribution >= 4 is 42.9 Å². The van der Waals surface area contributed by atoms with Crippen molar-refractivity contribution in [3.05, 3.63) is 17.3 Å². The zero-order valence-electron chi connectivity index (χ0n) is 10.5. The highest BCUT2D eigenvalue weighted by Crippen LogP contribution is 2.32. The summed E-state index contributed by atoms with van der Waals surface area (Å²) in [6.45, 7) is 0.249. The Hall–Kier alpha value is -1.05. The molecular weight excluding hydrogens is 327 g/mol. The third kappa shape index (κ3) is 3.53. The zero-order chi connectivity index (χ0) is 14.9. The molecular formula is C11H12Cl2N2O4S. The molecule has 2 rings (SSSR count). The van der Waals surface area contributed by atoms with Crippen molar-refractivity contribution in [2.45, 2.75) is 6.42 Å². The molecule has 0 bridgehead atoms. The second-order valence-corrected chi connectivity index (χ2v) is 7.62. The van der Waals surface area contributed by atoms with Gasteiger partial charge in [-0.1, -0.05) is 11.6 Å². The lowest BCUT2D eigenvalue weighted by molar-refractivity contribution is -0.117. The lowest BCUT2D eigenvalue weighted by atomic mass is 10.1. The average molecular weight is 339 g/mol. The molecule has 110 valence electrons. The van der Waals surface area contributed by atoms with E-state index in [-0.39, 0.29) is 35.7 Å². The van der Waals surface area contributed by atoms with Gasteiger partial charge in [-0.25, -0.2) is 8.42 Å². The Labute approximate surface area is 126 Å². The normalized spacial score (nSPS) is 19.4. The molecule has 0 N–H and O–H groups in total. The monoisotopic (exact) mass is 338 g/mol. The van der Waals surface area contributed by atoms with Gasteiger partial charge in [-0.2, -0.15) is 4.98 Å². The Balaban J connectivity index is 2.20. The molecule has 1 atom stereocenters. The summed E-state index contributed by atoms with van der Waals surface area (Å²) in [6.07, 6.45) is 0.119. The van der Waals surface area contributed by atoms with E-state index in [0.29, 0.717) is 11.6 Å². The van der Waals surface area contributed by atoms with Crippen LogP contribution >= 0.6 is 22.3 Å². The first-order chi connectivity index (χ1) is 9.30. The number of hydrogen-bond acceptors (Lipinski definition) is 5. The van der Waals surface area contributed by atoms with Gasteiger partial charge >= 0.3 is 0 Å². The summed E-state index contributed by atoms with van der Waals surface area (Å²) in [6, 6.07) is 3.20. The molecule has 1 fully saturated rings. The van der Waals surface area contributed by atoms with Gasteiger partial charge in [0.25, 0.3) is 0 Å². The van der Waals surface area contributed by atoms with Crippen LogP contribution < -0.4 is 9.64 Å². The van der Waals surface area contributed by atoms with Gasteiger partial charge in [0, 0.05) is 35.6 Å². The minimum Gasteiger partial charge on any atom is -0.481 e. The van der Waals surface area contributed by atoms with Gasteiger partial charge in [0.2, 0.25) is 20.8 Å². The number of nitrogens with zero attached hydrogens (tertiary/aromatic N) is 2. The van der Waals surface area contributed by atoms with Crippen LogP contribution in [0.4, 0.5) is 5.69 Å². The van der Waals surface area contributed by atoms with Gasteiger partial charge in [0.1, 0.15) is 0 Å². The van der Waals surface area contributed by atoms with E-state index < -0.39 is 9.05 Å². The molecule has 0 saturated carbocycles. The van der Waals surface area contributed by atoms with Gasteiger partial charge < -0.3 is 9.64 Å². The van der Waals surface area contributed by atoms with Crippen LogP contribution in [0.5, 0.6) is 5.88 Å². The van der Waals surface area contributed by atoms with E-state index in [1.54, 1.807) is 12.1 Å². The summed E-state index contributed by atoms with van der Waals surface area (Å²) >= 11 is 6.01. The SMILES string of the molecule is COc1ccc(N2CC(CS(=O)(=O)Cl)CC2=O)c(Cl)n1. The first-order valence-electron chi connectivity index (χ1n) is 5.73. The Bertz CT molecular complexity index is 635. The lowest BCUT2D eigenvalue weighted by Gasteiger charge is -2.17. The summed E-state index contributed by atoms with van der Waals surface area (Å²) in [4.78, 5) is 17.3. The molecule has 0 aliphatic carbocycles. The van der Waals surface area contributed by atoms with Gasteiger partial charge in [-0.05, 0) is 6.07 Å². The van der Waals surface area contributed by atoms with Gasteiger partial charge in [-0.3, -0.25) is 4.79 Å². The molecule has 1 amide bonds. The molecule has 0 spiro atoms. The topological polar surface area (TPSA) is 76.6 Å². The fourth-order valence-electron chi connectivity index (χ4n) is 2.13. The van der Waals surface area contributed by atoms with E-state index in [1.807, 2.05) is 0 Å². The van der Waals surface area contributed by atoms with Gasteiger partial charge in [-0.15, -0.1) is 0 Å². The van der Waals surface area contributed by atoms with Crippen LogP contribution in [0.2, 0.25) is 5.15 Å². The largest absolute Gasteiger partial charge is 0.481 e. The Morgan fingerprint density at radius 2 is 2.20 bits per heavy atom. The number of ether oxygens (including phenoxy) is 1. The summed E-state index contributed by atoms with van der Waals surface area (Å²) in [7, 11) is 3.04. The molecule has 1 aliphatic heterocycles. The summed E-state index contributed by atoms with van der Waals surface area (Å²) < 4.78 is 27.1. The Morgan fingerprint density at radius 1 is 1.50 bits per heavy atom. The maximum Gasteiger partial charge on any atom is 0.232 e. The lowest BCUT2D eigenvalue weighted by Crippen LogP contribution is -2.25. The van der Waals surface area contributed by atoms with E-state index in [1.165, 1.54) is 12.0 Å². The van der Waals surface area contributed by atoms with Gasteiger partial charge in [0.05, 0.1) is 18.6 Å². The number of carbonyl (C=O) groups excluding carboxylic acids is 1. The number of rotatable bonds is 4. The second kappa shape index (κ2) is 5.75. The highest BCUT2D eigenvalue weighted by atomic mass is 35.7. The summed E-state index contributed by atoms with van der Waals surface area (Å²) in [5.41, 5.74) is 0.437. The molecule has 9 heteroatoms. The zero-order valence-corrected chi connectivity index (χ0v) is 12.9. The standard InChI is InChI=1S/C11H12Cl2N2O4S/c1-19-9-3-2-8(11(12)14-9)15-5-7(4-10(15)16)6-20(13,17)18/h2-3,7H,4-6H2,1H3. The van der Waals surface area contributed by atoms with Crippen molar-refractivity contribution in [1.29, 1.82) is 0 Å². The predicted octanol–water partition coefficient (Wildman–Crippen LogP) is 1.67. The van der Waals surface area contributed by atoms with Crippen molar-refractivity contribution in [3.63, 3.8) is 0 Å². The first kappa shape index (κ1) is 15.3. The number of halogens is 2. The molecule has 1 aromatic heterocycles. The third-order valence-electron chi connectivity index (χ3n) is 2.94. The number of carbonyl (C=O) groups is 1. The maximum atomic E-state index is 11.9. The summed E-state index contributed by atoms with van der Waals surface area (Å²) in [5.74, 6) is -0.449. The molecule has 0 radical (unpaired) electrons. The molecule has 6 nitrogen and oxygen atoms in total. The van der Waals surface area contributed by atoms with Crippen molar-refractivity contribution < 1.29 is 17.9 Å². The van der Waals surface area contributed by atoms with Crippen LogP contribution in [0.3, 0.4) is 0 Å². The molecule has 1 aliphatic rings. The van der Waals surface area contributed by atoms with E-state index in [9.17, 15) is 13.2 Å². The highest BCUT2D eigenvalue weighted by molar-refractivity contribution is 8.13. The van der Waals surface area contributed by atoms with Crippen LogP contribution in [-0.2, 0) is 13.8 Å². The molecule has 1 aromatic rings. The summed E-state index contributed by atoms with van der Waals surface area (Å²) in [5, 5.41) is 0.132. The molecule has 2 heterocycles. The number of amides is 1. The van der Waals surface area contributed by atoms with Crippen LogP contribution in [-0.4, -0.2) is 38.7 Å². The first-order valence-corrected chi connectivity index (χ1v) is 8.59. The molecule has 20 heavy (non-hydrogen) atoms. The van der Waals surface area contributed by atoms with Crippen molar-refractivity contribution in [2.24, 2.45) is 5.92 Å². The fraction of sp³-hybridized carbons (Fsp3) is 0.455. The van der Waals surface area contributed by atoms with Crippen LogP contribution in [0, 0.1) is 5.92 Å². The maximum absolute atomic E-state index is 11.9. The number of hydrogen-bond donors (Lipinski definition) is 0. The molecule has 0 aromatic carbocycles. The van der Waals surface area contributed by atoms with Crippen LogP contribution in [0.1, 0.15) is 6.42 Å². The Kier molecular flexibility index (Phi) is 4.41. The van der Waals surface area contributed by atoms with E-state index >= 15 is 0 Å². The second-order valence-electron chi connectivity index (χ2n) is 4.44. The fourth-order valence-corrected chi connectivity index (χ4v) is 3.70. The van der Waals surface area contributed by atoms with E-state index in [2.05, 4.69) is 4.98 Å². The number of anilines is 1. The third-order valence-corrected chi connectivity index (χ3v) is 4.47. The van der Waals surface area contributed by atoms with E-state index in [0.717, 1.165) is 0 Å². The smallest absolute Gasteiger partial charge is 0.232 e. The van der Waals surface area contributed by atoms with Gasteiger partial charge in [0.15, 0.2) is 5.15 Å². The molecule has 1 unspecified atom stereocenters. The van der Waals surface area contributed by atoms with Crippen LogP contribution in [0.25, 0.3) is 0 Å². The van der Waals surface area contributed by atoms with E-state index in [4.69, 9.17) is 27.0 Å². The van der Waals surface area contributed by atoms with Crippen molar-refractivity contribution in [2.75, 3.05) is 24.3 Å². The molecule has 1 saturated heterocycles.